The van der Waals surface area contributed by atoms with E-state index >= 15 is 0 Å². The van der Waals surface area contributed by atoms with Crippen molar-refractivity contribution in [3.8, 4) is 11.1 Å². The van der Waals surface area contributed by atoms with Gasteiger partial charge in [0.2, 0.25) is 0 Å². The minimum atomic E-state index is -2.97. The summed E-state index contributed by atoms with van der Waals surface area (Å²) in [7, 11) is -2.97. The van der Waals surface area contributed by atoms with Crippen molar-refractivity contribution in [1.82, 2.24) is 19.2 Å². The normalized spacial score (nSPS) is 12.1. The lowest BCUT2D eigenvalue weighted by Crippen LogP contribution is -2.11. The molecule has 0 unspecified atom stereocenters. The van der Waals surface area contributed by atoms with Crippen LogP contribution in [0.25, 0.3) is 16.8 Å². The Balaban J connectivity index is 1.85. The lowest BCUT2D eigenvalue weighted by atomic mass is 10.1. The number of aromatic nitrogens is 4. The first-order valence-corrected chi connectivity index (χ1v) is 8.21. The molecule has 3 aromatic heterocycles. The van der Waals surface area contributed by atoms with Crippen molar-refractivity contribution in [2.75, 3.05) is 12.0 Å². The molecule has 0 atom stereocenters. The quantitative estimate of drug-likeness (QED) is 0.725. The summed E-state index contributed by atoms with van der Waals surface area (Å²) >= 11 is 0. The second-order valence-corrected chi connectivity index (χ2v) is 6.99. The first-order chi connectivity index (χ1) is 9.51. The molecule has 0 fully saturated rings. The van der Waals surface area contributed by atoms with Gasteiger partial charge in [0.25, 0.3) is 0 Å². The topological polar surface area (TPSA) is 69.3 Å². The van der Waals surface area contributed by atoms with Crippen molar-refractivity contribution in [3.63, 3.8) is 0 Å². The summed E-state index contributed by atoms with van der Waals surface area (Å²) in [5.74, 6) is 0.0907. The molecule has 20 heavy (non-hydrogen) atoms. The molecular weight excluding hydrogens is 276 g/mol. The largest absolute Gasteiger partial charge is 0.307 e. The highest BCUT2D eigenvalue weighted by molar-refractivity contribution is 7.90. The van der Waals surface area contributed by atoms with E-state index in [1.807, 2.05) is 35.1 Å². The first-order valence-electron chi connectivity index (χ1n) is 6.14. The van der Waals surface area contributed by atoms with E-state index in [1.54, 1.807) is 17.1 Å². The van der Waals surface area contributed by atoms with Crippen LogP contribution in [0, 0.1) is 0 Å². The van der Waals surface area contributed by atoms with Gasteiger partial charge < -0.3 is 4.40 Å². The Kier molecular flexibility index (Phi) is 3.06. The molecule has 3 aromatic rings. The highest BCUT2D eigenvalue weighted by atomic mass is 32.2. The molecule has 0 saturated heterocycles. The summed E-state index contributed by atoms with van der Waals surface area (Å²) in [6.07, 6.45) is 10.4. The molecule has 0 aliphatic heterocycles. The van der Waals surface area contributed by atoms with Crippen molar-refractivity contribution >= 4 is 15.5 Å². The molecule has 0 aromatic carbocycles. The Morgan fingerprint density at radius 3 is 2.90 bits per heavy atom. The van der Waals surface area contributed by atoms with Crippen LogP contribution in [0.3, 0.4) is 0 Å². The number of pyridine rings is 1. The Bertz CT molecular complexity index is 848. The number of rotatable bonds is 4. The van der Waals surface area contributed by atoms with Gasteiger partial charge in [-0.25, -0.2) is 13.4 Å². The van der Waals surface area contributed by atoms with E-state index in [0.717, 1.165) is 16.8 Å². The van der Waals surface area contributed by atoms with E-state index in [2.05, 4.69) is 10.1 Å². The Hall–Kier alpha value is -2.15. The zero-order chi connectivity index (χ0) is 14.2. The number of imidazole rings is 1. The molecule has 0 amide bonds. The van der Waals surface area contributed by atoms with Gasteiger partial charge in [0.05, 0.1) is 18.5 Å². The second-order valence-electron chi connectivity index (χ2n) is 4.73. The van der Waals surface area contributed by atoms with E-state index < -0.39 is 9.84 Å². The van der Waals surface area contributed by atoms with Crippen LogP contribution in [0.15, 0.2) is 43.1 Å². The van der Waals surface area contributed by atoms with Crippen molar-refractivity contribution in [3.05, 3.63) is 43.1 Å². The van der Waals surface area contributed by atoms with E-state index in [0.29, 0.717) is 6.54 Å². The highest BCUT2D eigenvalue weighted by Gasteiger charge is 2.06. The summed E-state index contributed by atoms with van der Waals surface area (Å²) in [5.41, 5.74) is 2.82. The van der Waals surface area contributed by atoms with Crippen LogP contribution >= 0.6 is 0 Å². The number of sulfone groups is 1. The summed E-state index contributed by atoms with van der Waals surface area (Å²) in [5, 5.41) is 4.19. The van der Waals surface area contributed by atoms with Crippen LogP contribution in [0.2, 0.25) is 0 Å². The minimum absolute atomic E-state index is 0.0907. The van der Waals surface area contributed by atoms with Gasteiger partial charge in [0.1, 0.15) is 15.5 Å². The van der Waals surface area contributed by atoms with Gasteiger partial charge in [0, 0.05) is 36.6 Å². The molecule has 0 N–H and O–H groups in total. The van der Waals surface area contributed by atoms with Crippen LogP contribution in [-0.2, 0) is 16.4 Å². The predicted molar refractivity (Wildman–Crippen MR) is 76.1 cm³/mol. The lowest BCUT2D eigenvalue weighted by molar-refractivity contribution is 0.586. The van der Waals surface area contributed by atoms with E-state index in [9.17, 15) is 8.42 Å². The van der Waals surface area contributed by atoms with Crippen LogP contribution in [0.1, 0.15) is 0 Å². The molecule has 3 rings (SSSR count). The standard InChI is InChI=1S/C13H14N4O2S/c1-20(18,19)7-6-17-10-12(9-15-17)11-2-4-16-5-3-14-13(16)8-11/h2-5,8-10H,6-7H2,1H3. The van der Waals surface area contributed by atoms with Crippen molar-refractivity contribution in [2.24, 2.45) is 0 Å². The minimum Gasteiger partial charge on any atom is -0.307 e. The summed E-state index contributed by atoms with van der Waals surface area (Å²) < 4.78 is 25.9. The van der Waals surface area contributed by atoms with E-state index in [1.165, 1.54) is 6.26 Å². The molecule has 0 spiro atoms. The maximum atomic E-state index is 11.1. The lowest BCUT2D eigenvalue weighted by Gasteiger charge is -2.00. The molecular formula is C13H14N4O2S. The maximum absolute atomic E-state index is 11.1. The molecule has 0 aliphatic carbocycles. The van der Waals surface area contributed by atoms with Gasteiger partial charge >= 0.3 is 0 Å². The average Bonchev–Trinajstić information content (AvgIpc) is 3.03. The van der Waals surface area contributed by atoms with Gasteiger partial charge in [-0.15, -0.1) is 0 Å². The zero-order valence-electron chi connectivity index (χ0n) is 11.0. The molecule has 7 heteroatoms. The third-order valence-electron chi connectivity index (χ3n) is 3.06. The molecule has 0 bridgehead atoms. The third kappa shape index (κ3) is 2.72. The fourth-order valence-electron chi connectivity index (χ4n) is 1.98. The van der Waals surface area contributed by atoms with Crippen molar-refractivity contribution in [2.45, 2.75) is 6.54 Å². The van der Waals surface area contributed by atoms with Crippen LogP contribution in [0.4, 0.5) is 0 Å². The Morgan fingerprint density at radius 1 is 1.25 bits per heavy atom. The van der Waals surface area contributed by atoms with Gasteiger partial charge in [-0.3, -0.25) is 4.68 Å². The van der Waals surface area contributed by atoms with Crippen molar-refractivity contribution in [1.29, 1.82) is 0 Å². The maximum Gasteiger partial charge on any atom is 0.149 e. The molecule has 3 heterocycles. The monoisotopic (exact) mass is 290 g/mol. The molecule has 6 nitrogen and oxygen atoms in total. The van der Waals surface area contributed by atoms with Gasteiger partial charge in [-0.1, -0.05) is 0 Å². The molecule has 104 valence electrons. The first kappa shape index (κ1) is 12.9. The SMILES string of the molecule is CS(=O)(=O)CCn1cc(-c2ccn3ccnc3c2)cn1. The number of aryl methyl sites for hydroxylation is 1. The molecule has 0 radical (unpaired) electrons. The number of fused-ring (bicyclic) bond motifs is 1. The summed E-state index contributed by atoms with van der Waals surface area (Å²) in [6, 6.07) is 3.95. The number of nitrogens with zero attached hydrogens (tertiary/aromatic N) is 4. The average molecular weight is 290 g/mol. The van der Waals surface area contributed by atoms with Gasteiger partial charge in [-0.05, 0) is 17.7 Å². The van der Waals surface area contributed by atoms with Crippen LogP contribution in [-0.4, -0.2) is 39.6 Å². The summed E-state index contributed by atoms with van der Waals surface area (Å²) in [4.78, 5) is 4.24. The number of hydrogen-bond donors (Lipinski definition) is 0. The van der Waals surface area contributed by atoms with Crippen molar-refractivity contribution < 1.29 is 8.42 Å². The van der Waals surface area contributed by atoms with Gasteiger partial charge in [-0.2, -0.15) is 5.10 Å². The van der Waals surface area contributed by atoms with Crippen LogP contribution < -0.4 is 0 Å². The Labute approximate surface area is 116 Å². The van der Waals surface area contributed by atoms with Crippen LogP contribution in [0.5, 0.6) is 0 Å². The zero-order valence-corrected chi connectivity index (χ0v) is 11.8. The smallest absolute Gasteiger partial charge is 0.149 e. The Morgan fingerprint density at radius 2 is 2.10 bits per heavy atom. The summed E-state index contributed by atoms with van der Waals surface area (Å²) in [6.45, 7) is 0.366. The fraction of sp³-hybridized carbons (Fsp3) is 0.231. The van der Waals surface area contributed by atoms with E-state index in [4.69, 9.17) is 0 Å². The predicted octanol–water partition coefficient (Wildman–Crippen LogP) is 1.24. The molecule has 0 saturated carbocycles. The molecule has 0 aliphatic rings. The van der Waals surface area contributed by atoms with Gasteiger partial charge in [0.15, 0.2) is 0 Å². The van der Waals surface area contributed by atoms with E-state index in [-0.39, 0.29) is 5.75 Å². The highest BCUT2D eigenvalue weighted by Crippen LogP contribution is 2.19. The third-order valence-corrected chi connectivity index (χ3v) is 3.98. The second kappa shape index (κ2) is 4.75. The number of hydrogen-bond acceptors (Lipinski definition) is 4. The fourth-order valence-corrected chi connectivity index (χ4v) is 2.50.